The summed E-state index contributed by atoms with van der Waals surface area (Å²) >= 11 is 0. The number of pyridine rings is 2. The fourth-order valence-corrected chi connectivity index (χ4v) is 7.28. The van der Waals surface area contributed by atoms with Crippen LogP contribution in [0.1, 0.15) is 28.4 Å². The number of carbonyl (C=O) groups is 1. The Labute approximate surface area is 219 Å². The number of methoxy groups -OCH3 is 1. The molecular formula is C28H26N4O5S. The minimum atomic E-state index is -3.79. The van der Waals surface area contributed by atoms with Gasteiger partial charge in [0.25, 0.3) is 11.5 Å². The van der Waals surface area contributed by atoms with Crippen LogP contribution in [0.5, 0.6) is 5.75 Å². The largest absolute Gasteiger partial charge is 0.497 e. The number of rotatable bonds is 5. The van der Waals surface area contributed by atoms with E-state index in [0.717, 1.165) is 17.5 Å². The van der Waals surface area contributed by atoms with Crippen LogP contribution >= 0.6 is 0 Å². The van der Waals surface area contributed by atoms with Gasteiger partial charge in [-0.05, 0) is 60.9 Å². The standard InChI is InChI=1S/C28H26N4O5S/c1-37-22-9-7-20(8-10-22)27(33)30-23-11-12-24-21-14-18(16-32(24)28(23)34)15-31(17-21)38(35,36)25-6-2-4-19-5-3-13-29-26(19)25/h2-13,18,21H,14-17H2,1H3,(H,30,33)/t18-,21+/m0/s1. The lowest BCUT2D eigenvalue weighted by atomic mass is 9.84. The average molecular weight is 531 g/mol. The smallest absolute Gasteiger partial charge is 0.274 e. The first-order chi connectivity index (χ1) is 18.3. The van der Waals surface area contributed by atoms with Crippen molar-refractivity contribution in [3.8, 4) is 5.75 Å². The van der Waals surface area contributed by atoms with E-state index in [1.54, 1.807) is 66.4 Å². The second kappa shape index (κ2) is 9.38. The molecule has 2 bridgehead atoms. The number of fused-ring (bicyclic) bond motifs is 5. The van der Waals surface area contributed by atoms with E-state index in [0.29, 0.717) is 29.9 Å². The summed E-state index contributed by atoms with van der Waals surface area (Å²) in [6, 6.07) is 18.9. The Morgan fingerprint density at radius 1 is 1.00 bits per heavy atom. The number of amides is 1. The van der Waals surface area contributed by atoms with Crippen LogP contribution in [0.2, 0.25) is 0 Å². The number of hydrogen-bond donors (Lipinski definition) is 1. The summed E-state index contributed by atoms with van der Waals surface area (Å²) in [6.07, 6.45) is 2.40. The predicted octanol–water partition coefficient (Wildman–Crippen LogP) is 3.47. The summed E-state index contributed by atoms with van der Waals surface area (Å²) in [5.74, 6) is 0.0976. The minimum absolute atomic E-state index is 0.0239. The molecule has 194 valence electrons. The first kappa shape index (κ1) is 24.3. The SMILES string of the molecule is COc1ccc(C(=O)Nc2ccc3n(c2=O)C[C@H]2C[C@@H]3CN(S(=O)(=O)c3cccc4cccnc34)C2)cc1. The second-order valence-electron chi connectivity index (χ2n) is 9.72. The van der Waals surface area contributed by atoms with E-state index in [1.165, 1.54) is 4.31 Å². The molecule has 0 spiro atoms. The lowest BCUT2D eigenvalue weighted by Gasteiger charge is -2.42. The fourth-order valence-electron chi connectivity index (χ4n) is 5.55. The zero-order chi connectivity index (χ0) is 26.4. The van der Waals surface area contributed by atoms with Gasteiger partial charge in [0.05, 0.1) is 12.6 Å². The molecule has 2 atom stereocenters. The highest BCUT2D eigenvalue weighted by atomic mass is 32.2. The van der Waals surface area contributed by atoms with Gasteiger partial charge in [0, 0.05) is 48.4 Å². The lowest BCUT2D eigenvalue weighted by Crippen LogP contribution is -2.49. The molecule has 1 N–H and O–H groups in total. The molecule has 0 unspecified atom stereocenters. The van der Waals surface area contributed by atoms with Crippen molar-refractivity contribution >= 4 is 32.5 Å². The Kier molecular flexibility index (Phi) is 6.00. The van der Waals surface area contributed by atoms with E-state index in [2.05, 4.69) is 10.3 Å². The molecule has 4 aromatic rings. The van der Waals surface area contributed by atoms with Crippen LogP contribution in [0, 0.1) is 5.92 Å². The number of nitrogens with zero attached hydrogens (tertiary/aromatic N) is 3. The number of carbonyl (C=O) groups excluding carboxylic acids is 1. The van der Waals surface area contributed by atoms with Crippen LogP contribution in [0.4, 0.5) is 5.69 Å². The molecule has 4 heterocycles. The van der Waals surface area contributed by atoms with E-state index >= 15 is 0 Å². The molecule has 38 heavy (non-hydrogen) atoms. The molecule has 0 aliphatic carbocycles. The van der Waals surface area contributed by atoms with Crippen molar-refractivity contribution in [2.75, 3.05) is 25.5 Å². The van der Waals surface area contributed by atoms with Gasteiger partial charge in [-0.2, -0.15) is 4.31 Å². The molecule has 1 amide bonds. The quantitative estimate of drug-likeness (QED) is 0.423. The number of para-hydroxylation sites is 1. The van der Waals surface area contributed by atoms with Gasteiger partial charge in [-0.3, -0.25) is 14.6 Å². The highest BCUT2D eigenvalue weighted by Crippen LogP contribution is 2.38. The summed E-state index contributed by atoms with van der Waals surface area (Å²) < 4.78 is 35.8. The van der Waals surface area contributed by atoms with E-state index < -0.39 is 10.0 Å². The van der Waals surface area contributed by atoms with Crippen LogP contribution in [0.15, 0.2) is 82.6 Å². The van der Waals surface area contributed by atoms with E-state index in [-0.39, 0.29) is 40.4 Å². The van der Waals surface area contributed by atoms with E-state index in [4.69, 9.17) is 4.74 Å². The van der Waals surface area contributed by atoms with Gasteiger partial charge in [0.2, 0.25) is 10.0 Å². The molecule has 2 aromatic heterocycles. The van der Waals surface area contributed by atoms with Crippen molar-refractivity contribution in [2.24, 2.45) is 5.92 Å². The molecule has 10 heteroatoms. The Hall–Kier alpha value is -4.02. The lowest BCUT2D eigenvalue weighted by molar-refractivity contribution is 0.102. The van der Waals surface area contributed by atoms with Crippen LogP contribution in [-0.4, -0.2) is 48.4 Å². The Morgan fingerprint density at radius 3 is 2.58 bits per heavy atom. The number of piperidine rings is 1. The number of aromatic nitrogens is 2. The van der Waals surface area contributed by atoms with Crippen molar-refractivity contribution in [1.82, 2.24) is 13.9 Å². The molecule has 2 aliphatic heterocycles. The maximum atomic E-state index is 13.7. The molecule has 0 radical (unpaired) electrons. The predicted molar refractivity (Wildman–Crippen MR) is 143 cm³/mol. The summed E-state index contributed by atoms with van der Waals surface area (Å²) in [6.45, 7) is 0.978. The second-order valence-corrected chi connectivity index (χ2v) is 11.6. The maximum absolute atomic E-state index is 13.7. The normalized spacial score (nSPS) is 19.1. The van der Waals surface area contributed by atoms with Crippen molar-refractivity contribution in [1.29, 1.82) is 0 Å². The van der Waals surface area contributed by atoms with Crippen LogP contribution < -0.4 is 15.6 Å². The number of anilines is 1. The summed E-state index contributed by atoms with van der Waals surface area (Å²) in [5.41, 5.74) is 1.56. The summed E-state index contributed by atoms with van der Waals surface area (Å²) in [4.78, 5) is 30.6. The molecule has 1 saturated heterocycles. The molecule has 0 saturated carbocycles. The molecule has 9 nitrogen and oxygen atoms in total. The van der Waals surface area contributed by atoms with E-state index in [9.17, 15) is 18.0 Å². The number of benzene rings is 2. The zero-order valence-corrected chi connectivity index (χ0v) is 21.5. The van der Waals surface area contributed by atoms with Gasteiger partial charge < -0.3 is 14.6 Å². The van der Waals surface area contributed by atoms with Gasteiger partial charge in [-0.1, -0.05) is 18.2 Å². The monoisotopic (exact) mass is 530 g/mol. The Balaban J connectivity index is 1.27. The van der Waals surface area contributed by atoms with Crippen molar-refractivity contribution in [3.63, 3.8) is 0 Å². The van der Waals surface area contributed by atoms with E-state index in [1.807, 2.05) is 18.2 Å². The van der Waals surface area contributed by atoms with Crippen LogP contribution in [-0.2, 0) is 16.6 Å². The molecular weight excluding hydrogens is 504 g/mol. The van der Waals surface area contributed by atoms with Gasteiger partial charge in [0.1, 0.15) is 16.3 Å². The first-order valence-corrected chi connectivity index (χ1v) is 13.8. The summed E-state index contributed by atoms with van der Waals surface area (Å²) in [7, 11) is -2.24. The fraction of sp³-hybridized carbons (Fsp3) is 0.250. The van der Waals surface area contributed by atoms with Crippen molar-refractivity contribution < 1.29 is 17.9 Å². The topological polar surface area (TPSA) is 111 Å². The maximum Gasteiger partial charge on any atom is 0.274 e. The molecule has 1 fully saturated rings. The highest BCUT2D eigenvalue weighted by molar-refractivity contribution is 7.89. The Morgan fingerprint density at radius 2 is 1.79 bits per heavy atom. The highest BCUT2D eigenvalue weighted by Gasteiger charge is 2.40. The van der Waals surface area contributed by atoms with Gasteiger partial charge in [-0.15, -0.1) is 0 Å². The van der Waals surface area contributed by atoms with Gasteiger partial charge >= 0.3 is 0 Å². The van der Waals surface area contributed by atoms with Crippen molar-refractivity contribution in [2.45, 2.75) is 23.8 Å². The van der Waals surface area contributed by atoms with Gasteiger partial charge in [-0.25, -0.2) is 8.42 Å². The van der Waals surface area contributed by atoms with Crippen molar-refractivity contribution in [3.05, 3.63) is 94.5 Å². The zero-order valence-electron chi connectivity index (χ0n) is 20.7. The van der Waals surface area contributed by atoms with Crippen LogP contribution in [0.25, 0.3) is 10.9 Å². The molecule has 2 aliphatic rings. The molecule has 2 aromatic carbocycles. The van der Waals surface area contributed by atoms with Crippen LogP contribution in [0.3, 0.4) is 0 Å². The molecule has 6 rings (SSSR count). The summed E-state index contributed by atoms with van der Waals surface area (Å²) in [5, 5.41) is 3.50. The number of nitrogens with one attached hydrogen (secondary N) is 1. The third kappa shape index (κ3) is 4.15. The minimum Gasteiger partial charge on any atom is -0.497 e. The average Bonchev–Trinajstić information content (AvgIpc) is 2.94. The Bertz CT molecular complexity index is 1710. The third-order valence-corrected chi connectivity index (χ3v) is 9.25. The number of hydrogen-bond acceptors (Lipinski definition) is 6. The third-order valence-electron chi connectivity index (χ3n) is 7.38. The number of ether oxygens (including phenoxy) is 1. The van der Waals surface area contributed by atoms with Gasteiger partial charge in [0.15, 0.2) is 0 Å². The first-order valence-electron chi connectivity index (χ1n) is 12.4. The number of sulfonamides is 1.